The number of carbonyl (C=O) groups is 2. The molecule has 0 aromatic rings. The summed E-state index contributed by atoms with van der Waals surface area (Å²) in [7, 11) is 0. The zero-order chi connectivity index (χ0) is 69.3. The molecule has 6 unspecified atom stereocenters. The molecule has 0 aromatic carbocycles. The topological polar surface area (TPSA) is 154 Å². The van der Waals surface area contributed by atoms with Crippen molar-refractivity contribution in [2.45, 2.75) is 513 Å². The standard InChI is InChI=1S/C87H168O9/c1-4-6-8-10-12-14-16-18-20-22-23-24-26-30-34-41-47-53-59-65-71-79(86(93)95-75-82-83(90)84(91)85(92)87(94)96-82)81(89)73-67-61-55-49-43-37-36-40-46-52-58-64-70-78-74-77(78)69-63-57-51-45-39-33-29-27-31-35-42-48-54-60-66-72-80(88)76(3)68-62-56-50-44-38-32-28-25-21-19-17-15-13-11-9-7-5-2/h76-79,81-85,87,89-92,94H,4-75H2,1-3H3/t76?,77?,78?,79?,81?,82-,83-,84+,85-,87?/m1/s1. The summed E-state index contributed by atoms with van der Waals surface area (Å²) in [6.07, 6.45) is 84.9. The predicted molar refractivity (Wildman–Crippen MR) is 410 cm³/mol. The van der Waals surface area contributed by atoms with Crippen molar-refractivity contribution in [3.8, 4) is 0 Å². The van der Waals surface area contributed by atoms with Crippen molar-refractivity contribution >= 4 is 11.8 Å². The number of rotatable bonds is 77. The van der Waals surface area contributed by atoms with E-state index in [0.717, 1.165) is 69.6 Å². The normalized spacial score (nSPS) is 19.7. The number of ether oxygens (including phenoxy) is 2. The van der Waals surface area contributed by atoms with E-state index >= 15 is 0 Å². The molecule has 1 saturated heterocycles. The lowest BCUT2D eigenvalue weighted by molar-refractivity contribution is -0.287. The average molecular weight is 1360 g/mol. The zero-order valence-electron chi connectivity index (χ0n) is 64.6. The van der Waals surface area contributed by atoms with Gasteiger partial charge in [-0.2, -0.15) is 0 Å². The highest BCUT2D eigenvalue weighted by molar-refractivity contribution is 5.80. The van der Waals surface area contributed by atoms with E-state index in [0.29, 0.717) is 18.6 Å². The van der Waals surface area contributed by atoms with Crippen LogP contribution in [0, 0.1) is 23.7 Å². The molecule has 570 valence electrons. The van der Waals surface area contributed by atoms with Crippen LogP contribution >= 0.6 is 0 Å². The first-order valence-electron chi connectivity index (χ1n) is 43.9. The third kappa shape index (κ3) is 54.6. The highest BCUT2D eigenvalue weighted by Gasteiger charge is 2.44. The number of aliphatic hydroxyl groups excluding tert-OH is 5. The number of esters is 1. The minimum atomic E-state index is -1.69. The van der Waals surface area contributed by atoms with Gasteiger partial charge in [0.25, 0.3) is 0 Å². The van der Waals surface area contributed by atoms with Crippen LogP contribution in [0.25, 0.3) is 0 Å². The van der Waals surface area contributed by atoms with Gasteiger partial charge >= 0.3 is 5.97 Å². The van der Waals surface area contributed by atoms with Crippen LogP contribution < -0.4 is 0 Å². The number of aliphatic hydroxyl groups is 5. The summed E-state index contributed by atoms with van der Waals surface area (Å²) < 4.78 is 10.8. The highest BCUT2D eigenvalue weighted by atomic mass is 16.6. The Morgan fingerprint density at radius 3 is 0.938 bits per heavy atom. The molecule has 0 radical (unpaired) electrons. The fourth-order valence-corrected chi connectivity index (χ4v) is 15.8. The molecule has 1 aliphatic carbocycles. The first-order valence-corrected chi connectivity index (χ1v) is 43.9. The number of carbonyl (C=O) groups excluding carboxylic acids is 2. The predicted octanol–water partition coefficient (Wildman–Crippen LogP) is 25.5. The molecular weight excluding hydrogens is 1190 g/mol. The molecule has 9 heteroatoms. The molecule has 2 rings (SSSR count). The molecule has 5 N–H and O–H groups in total. The maximum Gasteiger partial charge on any atom is 0.311 e. The minimum Gasteiger partial charge on any atom is -0.463 e. The summed E-state index contributed by atoms with van der Waals surface area (Å²) in [5.41, 5.74) is 0. The van der Waals surface area contributed by atoms with Gasteiger partial charge in [0.2, 0.25) is 0 Å². The van der Waals surface area contributed by atoms with E-state index in [-0.39, 0.29) is 12.5 Å². The summed E-state index contributed by atoms with van der Waals surface area (Å²) in [4.78, 5) is 26.2. The number of ketones is 1. The Labute approximate surface area is 597 Å². The lowest BCUT2D eigenvalue weighted by Crippen LogP contribution is -2.58. The lowest BCUT2D eigenvalue weighted by Gasteiger charge is -2.38. The number of hydrogen-bond acceptors (Lipinski definition) is 9. The second kappa shape index (κ2) is 68.3. The molecule has 0 aromatic heterocycles. The summed E-state index contributed by atoms with van der Waals surface area (Å²) in [6, 6.07) is 0. The van der Waals surface area contributed by atoms with Crippen LogP contribution in [0.4, 0.5) is 0 Å². The van der Waals surface area contributed by atoms with Crippen LogP contribution in [0.15, 0.2) is 0 Å². The van der Waals surface area contributed by atoms with Crippen molar-refractivity contribution < 1.29 is 44.6 Å². The molecule has 9 nitrogen and oxygen atoms in total. The zero-order valence-corrected chi connectivity index (χ0v) is 64.6. The Kier molecular flexibility index (Phi) is 64.8. The van der Waals surface area contributed by atoms with Crippen molar-refractivity contribution in [1.29, 1.82) is 0 Å². The highest BCUT2D eigenvalue weighted by Crippen LogP contribution is 2.46. The smallest absolute Gasteiger partial charge is 0.311 e. The van der Waals surface area contributed by atoms with E-state index in [4.69, 9.17) is 9.47 Å². The van der Waals surface area contributed by atoms with Crippen molar-refractivity contribution in [3.63, 3.8) is 0 Å². The van der Waals surface area contributed by atoms with Crippen LogP contribution in [-0.4, -0.2) is 80.7 Å². The van der Waals surface area contributed by atoms with E-state index in [1.54, 1.807) is 0 Å². The van der Waals surface area contributed by atoms with Crippen molar-refractivity contribution in [2.24, 2.45) is 23.7 Å². The van der Waals surface area contributed by atoms with E-state index in [2.05, 4.69) is 20.8 Å². The molecular formula is C87H168O9. The van der Waals surface area contributed by atoms with Gasteiger partial charge in [0, 0.05) is 12.3 Å². The quantitative estimate of drug-likeness (QED) is 0.0296. The Hall–Kier alpha value is -1.10. The van der Waals surface area contributed by atoms with Gasteiger partial charge in [-0.15, -0.1) is 0 Å². The number of Topliss-reactive ketones (excluding diaryl/α,β-unsaturated/α-hetero) is 1. The van der Waals surface area contributed by atoms with E-state index in [1.165, 1.54) is 385 Å². The van der Waals surface area contributed by atoms with Gasteiger partial charge in [-0.1, -0.05) is 438 Å². The second-order valence-corrected chi connectivity index (χ2v) is 32.1. The average Bonchev–Trinajstić information content (AvgIpc) is 1.81. The van der Waals surface area contributed by atoms with Crippen LogP contribution in [0.3, 0.4) is 0 Å². The SMILES string of the molecule is CCCCCCCCCCCCCCCCCCCCCCC(C(=O)OC[C@H]1OC(O)[C@H](O)[C@@H](O)[C@@H]1O)C(O)CCCCCCCCCCCCCCC1CC1CCCCCCCCCCCCCCCCCC(=O)C(C)CCCCCCCCCCCCCCCCCCC. The van der Waals surface area contributed by atoms with E-state index in [1.807, 2.05) is 0 Å². The minimum absolute atomic E-state index is 0.271. The third-order valence-electron chi connectivity index (χ3n) is 22.9. The van der Waals surface area contributed by atoms with Gasteiger partial charge in [0.1, 0.15) is 36.8 Å². The molecule has 0 amide bonds. The molecule has 2 aliphatic rings. The maximum atomic E-state index is 13.4. The molecule has 0 spiro atoms. The van der Waals surface area contributed by atoms with Gasteiger partial charge in [0.15, 0.2) is 6.29 Å². The van der Waals surface area contributed by atoms with Crippen molar-refractivity contribution in [3.05, 3.63) is 0 Å². The van der Waals surface area contributed by atoms with E-state index < -0.39 is 48.7 Å². The van der Waals surface area contributed by atoms with Crippen LogP contribution in [0.2, 0.25) is 0 Å². The lowest BCUT2D eigenvalue weighted by atomic mass is 9.91. The Morgan fingerprint density at radius 2 is 0.615 bits per heavy atom. The molecule has 1 aliphatic heterocycles. The first kappa shape index (κ1) is 91.0. The van der Waals surface area contributed by atoms with Gasteiger partial charge in [-0.3, -0.25) is 9.59 Å². The maximum absolute atomic E-state index is 13.4. The fraction of sp³-hybridized carbons (Fsp3) is 0.977. The first-order chi connectivity index (χ1) is 47.1. The van der Waals surface area contributed by atoms with Crippen LogP contribution in [-0.2, 0) is 19.1 Å². The fourth-order valence-electron chi connectivity index (χ4n) is 15.8. The molecule has 1 heterocycles. The monoisotopic (exact) mass is 1360 g/mol. The van der Waals surface area contributed by atoms with Crippen LogP contribution in [0.1, 0.15) is 477 Å². The summed E-state index contributed by atoms with van der Waals surface area (Å²) in [6.45, 7) is 6.40. The molecule has 0 bridgehead atoms. The molecule has 2 fully saturated rings. The summed E-state index contributed by atoms with van der Waals surface area (Å²) in [5, 5.41) is 51.7. The van der Waals surface area contributed by atoms with Gasteiger partial charge in [-0.25, -0.2) is 0 Å². The number of unbranched alkanes of at least 4 members (excludes halogenated alkanes) is 60. The van der Waals surface area contributed by atoms with Gasteiger partial charge in [0.05, 0.1) is 12.0 Å². The summed E-state index contributed by atoms with van der Waals surface area (Å²) in [5.74, 6) is 1.66. The van der Waals surface area contributed by atoms with Crippen molar-refractivity contribution in [1.82, 2.24) is 0 Å². The largest absolute Gasteiger partial charge is 0.463 e. The Balaban J connectivity index is 1.34. The second-order valence-electron chi connectivity index (χ2n) is 32.1. The Morgan fingerprint density at radius 1 is 0.344 bits per heavy atom. The van der Waals surface area contributed by atoms with E-state index in [9.17, 15) is 35.1 Å². The third-order valence-corrected chi connectivity index (χ3v) is 22.9. The Bertz CT molecular complexity index is 1630. The molecule has 96 heavy (non-hydrogen) atoms. The molecule has 1 saturated carbocycles. The van der Waals surface area contributed by atoms with Crippen molar-refractivity contribution in [2.75, 3.05) is 6.61 Å². The van der Waals surface area contributed by atoms with Gasteiger partial charge < -0.3 is 35.0 Å². The van der Waals surface area contributed by atoms with Crippen LogP contribution in [0.5, 0.6) is 0 Å². The molecule has 10 atom stereocenters. The van der Waals surface area contributed by atoms with Gasteiger partial charge in [-0.05, 0) is 43.9 Å². The summed E-state index contributed by atoms with van der Waals surface area (Å²) >= 11 is 0. The number of hydrogen-bond donors (Lipinski definition) is 5.